The van der Waals surface area contributed by atoms with Crippen molar-refractivity contribution in [2.75, 3.05) is 12.4 Å². The molecule has 0 unspecified atom stereocenters. The van der Waals surface area contributed by atoms with Gasteiger partial charge in [0.2, 0.25) is 0 Å². The molecular formula is C12H12N2O3. The van der Waals surface area contributed by atoms with Gasteiger partial charge in [-0.1, -0.05) is 6.07 Å². The topological polar surface area (TPSA) is 64.4 Å². The van der Waals surface area contributed by atoms with Crippen LogP contribution in [0.2, 0.25) is 0 Å². The number of benzene rings is 1. The van der Waals surface area contributed by atoms with Crippen LogP contribution >= 0.6 is 0 Å². The van der Waals surface area contributed by atoms with Crippen LogP contribution in [0, 0.1) is 6.92 Å². The molecule has 0 aliphatic rings. The SMILES string of the molecule is COc1cccc(NC(=O)c2ncc(C)o2)c1. The van der Waals surface area contributed by atoms with E-state index < -0.39 is 0 Å². The van der Waals surface area contributed by atoms with Gasteiger partial charge in [-0.05, 0) is 19.1 Å². The molecule has 1 heterocycles. The second kappa shape index (κ2) is 4.69. The summed E-state index contributed by atoms with van der Waals surface area (Å²) in [5, 5.41) is 2.67. The minimum atomic E-state index is -0.383. The first-order valence-corrected chi connectivity index (χ1v) is 5.07. The number of aromatic nitrogens is 1. The van der Waals surface area contributed by atoms with E-state index in [1.165, 1.54) is 6.20 Å². The first kappa shape index (κ1) is 11.2. The van der Waals surface area contributed by atoms with Crippen molar-refractivity contribution >= 4 is 11.6 Å². The zero-order chi connectivity index (χ0) is 12.3. The quantitative estimate of drug-likeness (QED) is 0.881. The number of methoxy groups -OCH3 is 1. The van der Waals surface area contributed by atoms with Gasteiger partial charge in [-0.2, -0.15) is 0 Å². The Hall–Kier alpha value is -2.30. The van der Waals surface area contributed by atoms with Crippen molar-refractivity contribution in [3.8, 4) is 5.75 Å². The van der Waals surface area contributed by atoms with Crippen LogP contribution in [0.25, 0.3) is 0 Å². The summed E-state index contributed by atoms with van der Waals surface area (Å²) in [7, 11) is 1.57. The highest BCUT2D eigenvalue weighted by molar-refractivity contribution is 6.00. The number of nitrogens with one attached hydrogen (secondary N) is 1. The summed E-state index contributed by atoms with van der Waals surface area (Å²) < 4.78 is 10.2. The zero-order valence-electron chi connectivity index (χ0n) is 9.56. The Morgan fingerprint density at radius 1 is 1.47 bits per heavy atom. The van der Waals surface area contributed by atoms with Crippen molar-refractivity contribution < 1.29 is 13.9 Å². The number of rotatable bonds is 3. The molecule has 0 saturated heterocycles. The summed E-state index contributed by atoms with van der Waals surface area (Å²) in [5.41, 5.74) is 0.630. The second-order valence-electron chi connectivity index (χ2n) is 3.46. The molecule has 1 amide bonds. The van der Waals surface area contributed by atoms with Gasteiger partial charge in [-0.3, -0.25) is 4.79 Å². The lowest BCUT2D eigenvalue weighted by Gasteiger charge is -2.04. The average Bonchev–Trinajstić information content (AvgIpc) is 2.76. The fraction of sp³-hybridized carbons (Fsp3) is 0.167. The third-order valence-electron chi connectivity index (χ3n) is 2.14. The van der Waals surface area contributed by atoms with Crippen molar-refractivity contribution in [2.24, 2.45) is 0 Å². The largest absolute Gasteiger partial charge is 0.497 e. The molecule has 0 atom stereocenters. The average molecular weight is 232 g/mol. The normalized spacial score (nSPS) is 10.0. The maximum Gasteiger partial charge on any atom is 0.311 e. The summed E-state index contributed by atoms with van der Waals surface area (Å²) >= 11 is 0. The molecule has 0 aliphatic heterocycles. The van der Waals surface area contributed by atoms with Gasteiger partial charge in [0.15, 0.2) is 0 Å². The molecule has 5 nitrogen and oxygen atoms in total. The molecule has 1 aromatic heterocycles. The molecule has 0 radical (unpaired) electrons. The van der Waals surface area contributed by atoms with Crippen molar-refractivity contribution in [1.29, 1.82) is 0 Å². The van der Waals surface area contributed by atoms with Crippen LogP contribution in [0.5, 0.6) is 5.75 Å². The van der Waals surface area contributed by atoms with E-state index >= 15 is 0 Å². The fourth-order valence-corrected chi connectivity index (χ4v) is 1.35. The number of oxazole rings is 1. The van der Waals surface area contributed by atoms with E-state index in [-0.39, 0.29) is 11.8 Å². The summed E-state index contributed by atoms with van der Waals surface area (Å²) in [5.74, 6) is 0.934. The van der Waals surface area contributed by atoms with Crippen LogP contribution in [-0.2, 0) is 0 Å². The summed E-state index contributed by atoms with van der Waals surface area (Å²) in [6, 6.07) is 7.06. The smallest absolute Gasteiger partial charge is 0.311 e. The first-order chi connectivity index (χ1) is 8.19. The number of ether oxygens (including phenoxy) is 1. The van der Waals surface area contributed by atoms with Gasteiger partial charge in [0.1, 0.15) is 11.5 Å². The van der Waals surface area contributed by atoms with E-state index in [0.717, 1.165) is 0 Å². The van der Waals surface area contributed by atoms with Gasteiger partial charge in [0.05, 0.1) is 13.3 Å². The monoisotopic (exact) mass is 232 g/mol. The number of carbonyl (C=O) groups excluding carboxylic acids is 1. The zero-order valence-corrected chi connectivity index (χ0v) is 9.56. The van der Waals surface area contributed by atoms with Crippen LogP contribution in [0.15, 0.2) is 34.9 Å². The molecule has 5 heteroatoms. The van der Waals surface area contributed by atoms with Crippen molar-refractivity contribution in [1.82, 2.24) is 4.98 Å². The number of aryl methyl sites for hydroxylation is 1. The van der Waals surface area contributed by atoms with E-state index in [1.807, 2.05) is 0 Å². The molecule has 1 N–H and O–H groups in total. The van der Waals surface area contributed by atoms with E-state index in [0.29, 0.717) is 17.2 Å². The van der Waals surface area contributed by atoms with E-state index in [1.54, 1.807) is 38.3 Å². The Morgan fingerprint density at radius 2 is 2.29 bits per heavy atom. The van der Waals surface area contributed by atoms with Crippen LogP contribution in [-0.4, -0.2) is 18.0 Å². The second-order valence-corrected chi connectivity index (χ2v) is 3.46. The molecule has 0 bridgehead atoms. The maximum atomic E-state index is 11.7. The highest BCUT2D eigenvalue weighted by Gasteiger charge is 2.12. The third kappa shape index (κ3) is 2.63. The number of carbonyl (C=O) groups is 1. The number of hydrogen-bond acceptors (Lipinski definition) is 4. The molecule has 0 saturated carbocycles. The van der Waals surface area contributed by atoms with Crippen LogP contribution in [0.1, 0.15) is 16.4 Å². The van der Waals surface area contributed by atoms with E-state index in [2.05, 4.69) is 10.3 Å². The van der Waals surface area contributed by atoms with Crippen LogP contribution in [0.3, 0.4) is 0 Å². The Bertz CT molecular complexity index is 534. The predicted molar refractivity (Wildman–Crippen MR) is 62.2 cm³/mol. The Morgan fingerprint density at radius 3 is 2.94 bits per heavy atom. The highest BCUT2D eigenvalue weighted by atomic mass is 16.5. The summed E-state index contributed by atoms with van der Waals surface area (Å²) in [6.45, 7) is 1.73. The summed E-state index contributed by atoms with van der Waals surface area (Å²) in [6.07, 6.45) is 1.50. The fourth-order valence-electron chi connectivity index (χ4n) is 1.35. The highest BCUT2D eigenvalue weighted by Crippen LogP contribution is 2.17. The number of hydrogen-bond donors (Lipinski definition) is 1. The number of amides is 1. The minimum Gasteiger partial charge on any atom is -0.497 e. The molecule has 2 rings (SSSR count). The minimum absolute atomic E-state index is 0.0466. The van der Waals surface area contributed by atoms with E-state index in [4.69, 9.17) is 9.15 Å². The van der Waals surface area contributed by atoms with Gasteiger partial charge in [0.25, 0.3) is 5.89 Å². The van der Waals surface area contributed by atoms with Crippen molar-refractivity contribution in [3.63, 3.8) is 0 Å². The molecular weight excluding hydrogens is 220 g/mol. The van der Waals surface area contributed by atoms with Gasteiger partial charge < -0.3 is 14.5 Å². The standard InChI is InChI=1S/C12H12N2O3/c1-8-7-13-12(17-8)11(15)14-9-4-3-5-10(6-9)16-2/h3-7H,1-2H3,(H,14,15). The summed E-state index contributed by atoms with van der Waals surface area (Å²) in [4.78, 5) is 15.6. The Kier molecular flexibility index (Phi) is 3.09. The maximum absolute atomic E-state index is 11.7. The molecule has 0 fully saturated rings. The van der Waals surface area contributed by atoms with Gasteiger partial charge in [-0.15, -0.1) is 0 Å². The van der Waals surface area contributed by atoms with Gasteiger partial charge in [0, 0.05) is 11.8 Å². The Balaban J connectivity index is 2.12. The molecule has 0 aliphatic carbocycles. The van der Waals surface area contributed by atoms with Crippen molar-refractivity contribution in [2.45, 2.75) is 6.92 Å². The number of nitrogens with zero attached hydrogens (tertiary/aromatic N) is 1. The Labute approximate surface area is 98.4 Å². The first-order valence-electron chi connectivity index (χ1n) is 5.07. The van der Waals surface area contributed by atoms with E-state index in [9.17, 15) is 4.79 Å². The molecule has 17 heavy (non-hydrogen) atoms. The lowest BCUT2D eigenvalue weighted by Crippen LogP contribution is -2.12. The molecule has 88 valence electrons. The molecule has 1 aromatic carbocycles. The molecule has 0 spiro atoms. The van der Waals surface area contributed by atoms with Crippen LogP contribution in [0.4, 0.5) is 5.69 Å². The number of anilines is 1. The van der Waals surface area contributed by atoms with Crippen LogP contribution < -0.4 is 10.1 Å². The van der Waals surface area contributed by atoms with Gasteiger partial charge >= 0.3 is 5.91 Å². The van der Waals surface area contributed by atoms with Crippen molar-refractivity contribution in [3.05, 3.63) is 42.1 Å². The lowest BCUT2D eigenvalue weighted by molar-refractivity contribution is 0.0989. The third-order valence-corrected chi connectivity index (χ3v) is 2.14. The predicted octanol–water partition coefficient (Wildman–Crippen LogP) is 2.24. The lowest BCUT2D eigenvalue weighted by atomic mass is 10.3. The molecule has 2 aromatic rings. The van der Waals surface area contributed by atoms with Gasteiger partial charge in [-0.25, -0.2) is 4.98 Å².